The molecule has 0 saturated carbocycles. The van der Waals surface area contributed by atoms with Gasteiger partial charge in [-0.05, 0) is 12.1 Å². The van der Waals surface area contributed by atoms with E-state index in [0.29, 0.717) is 12.1 Å². The molecule has 0 saturated heterocycles. The fraction of sp³-hybridized carbons (Fsp3) is 0.231. The Labute approximate surface area is 138 Å². The topological polar surface area (TPSA) is 69.6 Å². The predicted octanol–water partition coefficient (Wildman–Crippen LogP) is 2.67. The van der Waals surface area contributed by atoms with Crippen molar-refractivity contribution in [2.45, 2.75) is 6.18 Å². The third-order valence-corrected chi connectivity index (χ3v) is 3.56. The lowest BCUT2D eigenvalue weighted by atomic mass is 10.2. The highest BCUT2D eigenvalue weighted by molar-refractivity contribution is 6.39. The average molecular weight is 369 g/mol. The van der Waals surface area contributed by atoms with Crippen molar-refractivity contribution in [3.05, 3.63) is 39.5 Å². The second kappa shape index (κ2) is 6.38. The van der Waals surface area contributed by atoms with Crippen molar-refractivity contribution in [1.29, 1.82) is 0 Å². The van der Waals surface area contributed by atoms with Crippen LogP contribution in [-0.2, 0) is 15.8 Å². The number of nitrogens with one attached hydrogen (secondary N) is 1. The molecule has 0 aliphatic carbocycles. The number of benzene rings is 1. The minimum atomic E-state index is -4.62. The largest absolute Gasteiger partial charge is 0.416 e. The monoisotopic (exact) mass is 368 g/mol. The number of β-amino-alcohol motifs (C(OH)–C–C–N with tert-alkyl or cyclic N) is 1. The Hall–Kier alpha value is -1.77. The number of nitrogens with zero attached hydrogens (tertiary/aromatic N) is 1. The van der Waals surface area contributed by atoms with Crippen LogP contribution >= 0.6 is 23.2 Å². The number of carbonyl (C=O) groups is 2. The minimum absolute atomic E-state index is 0.125. The van der Waals surface area contributed by atoms with Crippen LogP contribution in [0.2, 0.25) is 10.0 Å². The minimum Gasteiger partial charge on any atom is -0.395 e. The maximum atomic E-state index is 12.7. The van der Waals surface area contributed by atoms with Gasteiger partial charge in [-0.2, -0.15) is 13.2 Å². The van der Waals surface area contributed by atoms with Gasteiger partial charge in [-0.1, -0.05) is 23.2 Å². The van der Waals surface area contributed by atoms with Crippen molar-refractivity contribution in [1.82, 2.24) is 4.90 Å². The summed E-state index contributed by atoms with van der Waals surface area (Å²) in [7, 11) is 0. The van der Waals surface area contributed by atoms with Crippen molar-refractivity contribution in [3.8, 4) is 0 Å². The number of halogens is 5. The van der Waals surface area contributed by atoms with Crippen LogP contribution in [0.25, 0.3) is 0 Å². The van der Waals surface area contributed by atoms with Crippen LogP contribution in [0.5, 0.6) is 0 Å². The lowest BCUT2D eigenvalue weighted by Crippen LogP contribution is -2.34. The van der Waals surface area contributed by atoms with E-state index < -0.39 is 30.2 Å². The highest BCUT2D eigenvalue weighted by Crippen LogP contribution is 2.39. The van der Waals surface area contributed by atoms with Crippen LogP contribution in [0, 0.1) is 0 Å². The van der Waals surface area contributed by atoms with Crippen molar-refractivity contribution >= 4 is 40.7 Å². The SMILES string of the molecule is O=C1C=C(Nc2c(Cl)cc(C(F)(F)F)cc2Cl)C(=O)N1CCO. The number of anilines is 1. The summed E-state index contributed by atoms with van der Waals surface area (Å²) in [5.41, 5.74) is -1.37. The molecule has 0 bridgehead atoms. The van der Waals surface area contributed by atoms with Gasteiger partial charge in [0.15, 0.2) is 0 Å². The molecule has 0 fully saturated rings. The van der Waals surface area contributed by atoms with Crippen molar-refractivity contribution in [2.75, 3.05) is 18.5 Å². The van der Waals surface area contributed by atoms with Gasteiger partial charge in [0, 0.05) is 6.08 Å². The molecule has 2 rings (SSSR count). The molecule has 0 unspecified atom stereocenters. The summed E-state index contributed by atoms with van der Waals surface area (Å²) in [5.74, 6) is -1.40. The number of carbonyl (C=O) groups excluding carboxylic acids is 2. The quantitative estimate of drug-likeness (QED) is 0.801. The van der Waals surface area contributed by atoms with Crippen LogP contribution < -0.4 is 5.32 Å². The van der Waals surface area contributed by atoms with Crippen molar-refractivity contribution < 1.29 is 27.9 Å². The zero-order valence-electron chi connectivity index (χ0n) is 11.2. The summed E-state index contributed by atoms with van der Waals surface area (Å²) in [6.07, 6.45) is -3.68. The van der Waals surface area contributed by atoms with E-state index in [1.807, 2.05) is 0 Å². The number of aliphatic hydroxyl groups is 1. The fourth-order valence-electron chi connectivity index (χ4n) is 1.90. The number of alkyl halides is 3. The molecule has 23 heavy (non-hydrogen) atoms. The van der Waals surface area contributed by atoms with Gasteiger partial charge in [-0.15, -0.1) is 0 Å². The first kappa shape index (κ1) is 17.6. The first-order chi connectivity index (χ1) is 10.6. The van der Waals surface area contributed by atoms with Gasteiger partial charge in [0.25, 0.3) is 11.8 Å². The molecule has 1 aliphatic heterocycles. The van der Waals surface area contributed by atoms with Crippen LogP contribution in [0.1, 0.15) is 5.56 Å². The highest BCUT2D eigenvalue weighted by atomic mass is 35.5. The second-order valence-electron chi connectivity index (χ2n) is 4.51. The first-order valence-electron chi connectivity index (χ1n) is 6.16. The van der Waals surface area contributed by atoms with Crippen molar-refractivity contribution in [2.24, 2.45) is 0 Å². The summed E-state index contributed by atoms with van der Waals surface area (Å²) in [4.78, 5) is 24.3. The maximum absolute atomic E-state index is 12.7. The number of aliphatic hydroxyl groups excluding tert-OH is 1. The lowest BCUT2D eigenvalue weighted by molar-refractivity contribution is -0.138. The zero-order chi connectivity index (χ0) is 17.4. The number of amides is 2. The van der Waals surface area contributed by atoms with E-state index in [4.69, 9.17) is 28.3 Å². The molecule has 0 spiro atoms. The van der Waals surface area contributed by atoms with E-state index in [1.54, 1.807) is 0 Å². The average Bonchev–Trinajstić information content (AvgIpc) is 2.69. The molecular formula is C13H9Cl2F3N2O3. The molecule has 1 aliphatic rings. The number of rotatable bonds is 4. The van der Waals surface area contributed by atoms with Gasteiger partial charge in [-0.25, -0.2) is 0 Å². The molecular weight excluding hydrogens is 360 g/mol. The van der Waals surface area contributed by atoms with Gasteiger partial charge in [0.1, 0.15) is 5.70 Å². The molecule has 2 N–H and O–H groups in total. The van der Waals surface area contributed by atoms with E-state index in [2.05, 4.69) is 5.32 Å². The van der Waals surface area contributed by atoms with Gasteiger partial charge in [-0.3, -0.25) is 14.5 Å². The molecule has 1 aromatic carbocycles. The normalized spacial score (nSPS) is 15.2. The van der Waals surface area contributed by atoms with Gasteiger partial charge < -0.3 is 10.4 Å². The smallest absolute Gasteiger partial charge is 0.395 e. The fourth-order valence-corrected chi connectivity index (χ4v) is 2.48. The molecule has 1 heterocycles. The van der Waals surface area contributed by atoms with E-state index >= 15 is 0 Å². The third kappa shape index (κ3) is 3.60. The Morgan fingerprint density at radius 1 is 1.17 bits per heavy atom. The third-order valence-electron chi connectivity index (χ3n) is 2.96. The molecule has 5 nitrogen and oxygen atoms in total. The standard InChI is InChI=1S/C13H9Cl2F3N2O3/c14-7-3-6(13(16,17)18)4-8(15)11(7)19-9-5-10(22)20(1-2-21)12(9)23/h3-5,19,21H,1-2H2. The van der Waals surface area contributed by atoms with Crippen LogP contribution in [0.15, 0.2) is 23.9 Å². The van der Waals surface area contributed by atoms with Crippen LogP contribution in [0.3, 0.4) is 0 Å². The molecule has 124 valence electrons. The van der Waals surface area contributed by atoms with E-state index in [-0.39, 0.29) is 28.0 Å². The number of hydrogen-bond donors (Lipinski definition) is 2. The van der Waals surface area contributed by atoms with E-state index in [0.717, 1.165) is 11.0 Å². The van der Waals surface area contributed by atoms with E-state index in [9.17, 15) is 22.8 Å². The Morgan fingerprint density at radius 3 is 2.22 bits per heavy atom. The van der Waals surface area contributed by atoms with Gasteiger partial charge in [0.05, 0.1) is 34.4 Å². The number of hydrogen-bond acceptors (Lipinski definition) is 4. The predicted molar refractivity (Wildman–Crippen MR) is 77.0 cm³/mol. The molecule has 10 heteroatoms. The molecule has 1 aromatic rings. The molecule has 2 amide bonds. The Balaban J connectivity index is 2.30. The second-order valence-corrected chi connectivity index (χ2v) is 5.33. The van der Waals surface area contributed by atoms with E-state index in [1.165, 1.54) is 0 Å². The Bertz CT molecular complexity index is 681. The lowest BCUT2D eigenvalue weighted by Gasteiger charge is -2.16. The summed E-state index contributed by atoms with van der Waals surface area (Å²) >= 11 is 11.6. The Morgan fingerprint density at radius 2 is 1.74 bits per heavy atom. The molecule has 0 radical (unpaired) electrons. The maximum Gasteiger partial charge on any atom is 0.416 e. The number of imide groups is 1. The summed E-state index contributed by atoms with van der Waals surface area (Å²) in [6, 6.07) is 1.31. The summed E-state index contributed by atoms with van der Waals surface area (Å²) in [5, 5.41) is 10.5. The molecule has 0 aromatic heterocycles. The first-order valence-corrected chi connectivity index (χ1v) is 6.92. The van der Waals surface area contributed by atoms with Crippen LogP contribution in [-0.4, -0.2) is 35.0 Å². The highest BCUT2D eigenvalue weighted by Gasteiger charge is 2.34. The van der Waals surface area contributed by atoms with Crippen LogP contribution in [0.4, 0.5) is 18.9 Å². The van der Waals surface area contributed by atoms with Gasteiger partial charge in [0.2, 0.25) is 0 Å². The summed E-state index contributed by atoms with van der Waals surface area (Å²) in [6.45, 7) is -0.617. The van der Waals surface area contributed by atoms with Gasteiger partial charge >= 0.3 is 6.18 Å². The van der Waals surface area contributed by atoms with Crippen molar-refractivity contribution in [3.63, 3.8) is 0 Å². The zero-order valence-corrected chi connectivity index (χ0v) is 12.8. The molecule has 0 atom stereocenters. The summed E-state index contributed by atoms with van der Waals surface area (Å²) < 4.78 is 38.0. The Kier molecular flexibility index (Phi) is 4.88.